The van der Waals surface area contributed by atoms with Gasteiger partial charge in [-0.1, -0.05) is 26.8 Å². The Balaban J connectivity index is 2.58. The summed E-state index contributed by atoms with van der Waals surface area (Å²) in [5, 5.41) is 14.2. The summed E-state index contributed by atoms with van der Waals surface area (Å²) in [6.45, 7) is 8.93. The van der Waals surface area contributed by atoms with Gasteiger partial charge in [0.1, 0.15) is 6.61 Å². The lowest BCUT2D eigenvalue weighted by Crippen LogP contribution is -2.13. The largest absolute Gasteiger partial charge is 0.484 e. The summed E-state index contributed by atoms with van der Waals surface area (Å²) in [6.07, 6.45) is 0. The van der Waals surface area contributed by atoms with Gasteiger partial charge in [0.25, 0.3) is 0 Å². The van der Waals surface area contributed by atoms with Crippen LogP contribution in [-0.4, -0.2) is 31.3 Å². The molecule has 118 valence electrons. The number of nitro benzene ring substituents is 1. The lowest BCUT2D eigenvalue weighted by Gasteiger charge is -2.10. The third-order valence-electron chi connectivity index (χ3n) is 2.74. The van der Waals surface area contributed by atoms with Crippen LogP contribution in [0, 0.1) is 16.0 Å². The molecule has 0 aromatic heterocycles. The molecule has 21 heavy (non-hydrogen) atoms. The Morgan fingerprint density at radius 3 is 2.71 bits per heavy atom. The summed E-state index contributed by atoms with van der Waals surface area (Å²) >= 11 is 0. The molecule has 0 saturated heterocycles. The van der Waals surface area contributed by atoms with E-state index in [4.69, 9.17) is 9.47 Å². The highest BCUT2D eigenvalue weighted by Crippen LogP contribution is 2.27. The molecular formula is C15H24N2O4. The third kappa shape index (κ3) is 6.55. The van der Waals surface area contributed by atoms with E-state index in [0.717, 1.165) is 12.1 Å². The van der Waals surface area contributed by atoms with E-state index in [9.17, 15) is 10.1 Å². The molecule has 6 nitrogen and oxygen atoms in total. The van der Waals surface area contributed by atoms with Crippen molar-refractivity contribution in [2.24, 2.45) is 5.92 Å². The molecule has 0 amide bonds. The van der Waals surface area contributed by atoms with Crippen LogP contribution in [0.5, 0.6) is 5.75 Å². The van der Waals surface area contributed by atoms with E-state index in [-0.39, 0.29) is 11.4 Å². The van der Waals surface area contributed by atoms with Crippen molar-refractivity contribution < 1.29 is 14.4 Å². The molecule has 0 spiro atoms. The molecule has 0 saturated carbocycles. The molecule has 1 N–H and O–H groups in total. The number of hydrogen-bond donors (Lipinski definition) is 1. The summed E-state index contributed by atoms with van der Waals surface area (Å²) in [6, 6.07) is 5.03. The van der Waals surface area contributed by atoms with Crippen molar-refractivity contribution in [1.82, 2.24) is 5.32 Å². The van der Waals surface area contributed by atoms with Crippen LogP contribution in [0.15, 0.2) is 18.2 Å². The van der Waals surface area contributed by atoms with Crippen LogP contribution in [0.4, 0.5) is 5.69 Å². The van der Waals surface area contributed by atoms with Crippen LogP contribution in [0.25, 0.3) is 0 Å². The predicted molar refractivity (Wildman–Crippen MR) is 81.6 cm³/mol. The molecule has 0 atom stereocenters. The van der Waals surface area contributed by atoms with Gasteiger partial charge in [-0.3, -0.25) is 10.1 Å². The second kappa shape index (κ2) is 9.31. The van der Waals surface area contributed by atoms with Gasteiger partial charge in [-0.05, 0) is 24.1 Å². The second-order valence-corrected chi connectivity index (χ2v) is 5.16. The molecule has 0 unspecified atom stereocenters. The Hall–Kier alpha value is -1.66. The van der Waals surface area contributed by atoms with E-state index < -0.39 is 4.92 Å². The topological polar surface area (TPSA) is 73.6 Å². The quantitative estimate of drug-likeness (QED) is 0.408. The number of nitrogens with one attached hydrogen (secondary N) is 1. The monoisotopic (exact) mass is 296 g/mol. The zero-order valence-electron chi connectivity index (χ0n) is 12.9. The fourth-order valence-electron chi connectivity index (χ4n) is 1.74. The molecule has 6 heteroatoms. The van der Waals surface area contributed by atoms with E-state index in [1.165, 1.54) is 0 Å². The molecule has 1 rings (SSSR count). The maximum absolute atomic E-state index is 11.1. The van der Waals surface area contributed by atoms with Crippen LogP contribution in [-0.2, 0) is 11.3 Å². The Labute approximate surface area is 125 Å². The van der Waals surface area contributed by atoms with Gasteiger partial charge in [-0.2, -0.15) is 0 Å². The van der Waals surface area contributed by atoms with Crippen molar-refractivity contribution in [3.05, 3.63) is 33.9 Å². The van der Waals surface area contributed by atoms with E-state index in [1.54, 1.807) is 12.1 Å². The van der Waals surface area contributed by atoms with Crippen molar-refractivity contribution >= 4 is 5.69 Å². The van der Waals surface area contributed by atoms with E-state index in [1.807, 2.05) is 13.0 Å². The van der Waals surface area contributed by atoms with Gasteiger partial charge < -0.3 is 14.8 Å². The smallest absolute Gasteiger partial charge is 0.311 e. The van der Waals surface area contributed by atoms with Crippen molar-refractivity contribution in [3.63, 3.8) is 0 Å². The van der Waals surface area contributed by atoms with Gasteiger partial charge in [0.05, 0.1) is 11.5 Å². The summed E-state index contributed by atoms with van der Waals surface area (Å²) in [7, 11) is 0. The number of benzene rings is 1. The lowest BCUT2D eigenvalue weighted by atomic mass is 10.2. The van der Waals surface area contributed by atoms with Gasteiger partial charge in [0.15, 0.2) is 5.75 Å². The summed E-state index contributed by atoms with van der Waals surface area (Å²) in [5.41, 5.74) is 0.862. The van der Waals surface area contributed by atoms with Gasteiger partial charge in [0.2, 0.25) is 0 Å². The van der Waals surface area contributed by atoms with Gasteiger partial charge >= 0.3 is 5.69 Å². The molecular weight excluding hydrogens is 272 g/mol. The highest BCUT2D eigenvalue weighted by Gasteiger charge is 2.15. The normalized spacial score (nSPS) is 10.9. The van der Waals surface area contributed by atoms with Gasteiger partial charge in [0, 0.05) is 19.2 Å². The number of hydrogen-bond acceptors (Lipinski definition) is 5. The maximum atomic E-state index is 11.1. The minimum absolute atomic E-state index is 0.00531. The Morgan fingerprint density at radius 2 is 2.10 bits per heavy atom. The van der Waals surface area contributed by atoms with Gasteiger partial charge in [-0.15, -0.1) is 0 Å². The first-order valence-electron chi connectivity index (χ1n) is 7.23. The first kappa shape index (κ1) is 17.4. The van der Waals surface area contributed by atoms with Crippen LogP contribution in [0.2, 0.25) is 0 Å². The molecule has 0 radical (unpaired) electrons. The lowest BCUT2D eigenvalue weighted by molar-refractivity contribution is -0.386. The molecule has 0 bridgehead atoms. The van der Waals surface area contributed by atoms with E-state index >= 15 is 0 Å². The second-order valence-electron chi connectivity index (χ2n) is 5.16. The first-order chi connectivity index (χ1) is 10.0. The summed E-state index contributed by atoms with van der Waals surface area (Å²) in [4.78, 5) is 10.7. The minimum atomic E-state index is -0.417. The van der Waals surface area contributed by atoms with Gasteiger partial charge in [-0.25, -0.2) is 0 Å². The Kier molecular flexibility index (Phi) is 7.71. The molecule has 1 aromatic rings. The molecule has 0 fully saturated rings. The molecule has 0 heterocycles. The fourth-order valence-corrected chi connectivity index (χ4v) is 1.74. The molecule has 0 aliphatic carbocycles. The number of rotatable bonds is 10. The third-order valence-corrected chi connectivity index (χ3v) is 2.74. The van der Waals surface area contributed by atoms with Crippen molar-refractivity contribution in [2.45, 2.75) is 27.3 Å². The van der Waals surface area contributed by atoms with Crippen LogP contribution in [0.3, 0.4) is 0 Å². The van der Waals surface area contributed by atoms with Crippen molar-refractivity contribution in [3.8, 4) is 5.75 Å². The van der Waals surface area contributed by atoms with E-state index in [0.29, 0.717) is 32.3 Å². The average molecular weight is 296 g/mol. The average Bonchev–Trinajstić information content (AvgIpc) is 2.45. The summed E-state index contributed by atoms with van der Waals surface area (Å²) in [5.74, 6) is 0.748. The van der Waals surface area contributed by atoms with E-state index in [2.05, 4.69) is 19.2 Å². The Bertz CT molecular complexity index is 449. The molecule has 0 aliphatic heterocycles. The van der Waals surface area contributed by atoms with Crippen LogP contribution < -0.4 is 10.1 Å². The number of nitrogens with zero attached hydrogens (tertiary/aromatic N) is 1. The van der Waals surface area contributed by atoms with Crippen LogP contribution in [0.1, 0.15) is 26.3 Å². The molecule has 0 aliphatic rings. The SMILES string of the molecule is CCNCc1ccc(OCCOCC(C)C)c([N+](=O)[O-])c1. The van der Waals surface area contributed by atoms with Crippen molar-refractivity contribution in [2.75, 3.05) is 26.4 Å². The maximum Gasteiger partial charge on any atom is 0.311 e. The fraction of sp³-hybridized carbons (Fsp3) is 0.600. The Morgan fingerprint density at radius 1 is 1.33 bits per heavy atom. The zero-order chi connectivity index (χ0) is 15.7. The van der Waals surface area contributed by atoms with Crippen LogP contribution >= 0.6 is 0 Å². The number of ether oxygens (including phenoxy) is 2. The molecule has 1 aromatic carbocycles. The highest BCUT2D eigenvalue weighted by atomic mass is 16.6. The standard InChI is InChI=1S/C15H24N2O4/c1-4-16-10-13-5-6-15(14(9-13)17(18)19)21-8-7-20-11-12(2)3/h5-6,9,12,16H,4,7-8,10-11H2,1-3H3. The highest BCUT2D eigenvalue weighted by molar-refractivity contribution is 5.48. The minimum Gasteiger partial charge on any atom is -0.484 e. The predicted octanol–water partition coefficient (Wildman–Crippen LogP) is 2.76. The zero-order valence-corrected chi connectivity index (χ0v) is 12.9. The number of nitro groups is 1. The summed E-state index contributed by atoms with van der Waals surface area (Å²) < 4.78 is 10.8. The first-order valence-corrected chi connectivity index (χ1v) is 7.23. The van der Waals surface area contributed by atoms with Crippen molar-refractivity contribution in [1.29, 1.82) is 0 Å².